The van der Waals surface area contributed by atoms with E-state index < -0.39 is 0 Å². The van der Waals surface area contributed by atoms with Crippen LogP contribution < -0.4 is 16.3 Å². The lowest BCUT2D eigenvalue weighted by atomic mass is 10.0. The fraction of sp³-hybridized carbons (Fsp3) is 0.429. The average Bonchev–Trinajstić information content (AvgIpc) is 2.80. The van der Waals surface area contributed by atoms with E-state index in [0.717, 1.165) is 23.0 Å². The topological polar surface area (TPSA) is 89.8 Å². The van der Waals surface area contributed by atoms with Crippen LogP contribution in [-0.4, -0.2) is 28.5 Å². The quantitative estimate of drug-likeness (QED) is 0.667. The van der Waals surface area contributed by atoms with E-state index in [-0.39, 0.29) is 17.6 Å². The minimum absolute atomic E-state index is 0.127. The summed E-state index contributed by atoms with van der Waals surface area (Å²) in [4.78, 5) is 27.9. The zero-order chi connectivity index (χ0) is 14.1. The van der Waals surface area contributed by atoms with Crippen LogP contribution >= 0.6 is 0 Å². The number of benzene rings is 1. The second kappa shape index (κ2) is 5.13. The van der Waals surface area contributed by atoms with Crippen LogP contribution in [0.3, 0.4) is 0 Å². The van der Waals surface area contributed by atoms with E-state index in [4.69, 9.17) is 0 Å². The molecule has 20 heavy (non-hydrogen) atoms. The molecule has 0 aliphatic carbocycles. The highest BCUT2D eigenvalue weighted by Gasteiger charge is 2.19. The maximum absolute atomic E-state index is 11.3. The van der Waals surface area contributed by atoms with Gasteiger partial charge in [-0.2, -0.15) is 0 Å². The van der Waals surface area contributed by atoms with Gasteiger partial charge in [0, 0.05) is 25.0 Å². The molecular formula is C14H18N4O2. The SMILES string of the molecule is CC(NC1CCC(=O)NC1)c1ccc2[nH]c(=O)[nH]c2c1. The summed E-state index contributed by atoms with van der Waals surface area (Å²) in [5.74, 6) is 0.127. The molecule has 1 aromatic carbocycles. The average molecular weight is 274 g/mol. The minimum Gasteiger partial charge on any atom is -0.355 e. The molecule has 1 aliphatic rings. The number of nitrogens with one attached hydrogen (secondary N) is 4. The van der Waals surface area contributed by atoms with Crippen molar-refractivity contribution in [2.24, 2.45) is 0 Å². The third kappa shape index (κ3) is 2.60. The van der Waals surface area contributed by atoms with E-state index in [9.17, 15) is 9.59 Å². The molecular weight excluding hydrogens is 256 g/mol. The van der Waals surface area contributed by atoms with Crippen molar-refractivity contribution in [1.29, 1.82) is 0 Å². The third-order valence-electron chi connectivity index (χ3n) is 3.79. The number of rotatable bonds is 3. The Balaban J connectivity index is 1.73. The van der Waals surface area contributed by atoms with Crippen molar-refractivity contribution in [3.8, 4) is 0 Å². The van der Waals surface area contributed by atoms with Gasteiger partial charge < -0.3 is 20.6 Å². The van der Waals surface area contributed by atoms with Gasteiger partial charge in [0.25, 0.3) is 0 Å². The molecule has 1 fully saturated rings. The highest BCUT2D eigenvalue weighted by Crippen LogP contribution is 2.18. The summed E-state index contributed by atoms with van der Waals surface area (Å²) >= 11 is 0. The highest BCUT2D eigenvalue weighted by molar-refractivity contribution is 5.77. The van der Waals surface area contributed by atoms with Gasteiger partial charge in [0.05, 0.1) is 11.0 Å². The molecule has 1 amide bonds. The molecule has 3 rings (SSSR count). The van der Waals surface area contributed by atoms with Gasteiger partial charge in [-0.25, -0.2) is 4.79 Å². The molecule has 2 aromatic rings. The number of hydrogen-bond acceptors (Lipinski definition) is 3. The van der Waals surface area contributed by atoms with Crippen molar-refractivity contribution in [2.75, 3.05) is 6.54 Å². The van der Waals surface area contributed by atoms with Crippen molar-refractivity contribution < 1.29 is 4.79 Å². The number of amides is 1. The van der Waals surface area contributed by atoms with Gasteiger partial charge in [-0.05, 0) is 31.0 Å². The van der Waals surface area contributed by atoms with Crippen LogP contribution in [0.4, 0.5) is 0 Å². The summed E-state index contributed by atoms with van der Waals surface area (Å²) in [6.07, 6.45) is 1.44. The summed E-state index contributed by atoms with van der Waals surface area (Å²) in [6.45, 7) is 2.76. The van der Waals surface area contributed by atoms with Crippen LogP contribution in [0.15, 0.2) is 23.0 Å². The minimum atomic E-state index is -0.187. The van der Waals surface area contributed by atoms with Gasteiger partial charge in [0.15, 0.2) is 0 Å². The number of imidazole rings is 1. The summed E-state index contributed by atoms with van der Waals surface area (Å²) in [5, 5.41) is 6.38. The summed E-state index contributed by atoms with van der Waals surface area (Å²) < 4.78 is 0. The Morgan fingerprint density at radius 2 is 2.05 bits per heavy atom. The molecule has 1 aromatic heterocycles. The molecule has 0 saturated carbocycles. The Labute approximate surface area is 116 Å². The summed E-state index contributed by atoms with van der Waals surface area (Å²) in [5.41, 5.74) is 2.56. The number of carbonyl (C=O) groups excluding carboxylic acids is 1. The van der Waals surface area contributed by atoms with Crippen molar-refractivity contribution in [3.05, 3.63) is 34.2 Å². The summed E-state index contributed by atoms with van der Waals surface area (Å²) in [7, 11) is 0. The lowest BCUT2D eigenvalue weighted by molar-refractivity contribution is -0.122. The molecule has 2 atom stereocenters. The highest BCUT2D eigenvalue weighted by atomic mass is 16.1. The first-order chi connectivity index (χ1) is 9.61. The molecule has 4 N–H and O–H groups in total. The van der Waals surface area contributed by atoms with Crippen molar-refractivity contribution in [2.45, 2.75) is 31.8 Å². The van der Waals surface area contributed by atoms with Crippen LogP contribution in [0.25, 0.3) is 11.0 Å². The predicted octanol–water partition coefficient (Wildman–Crippen LogP) is 0.785. The summed E-state index contributed by atoms with van der Waals surface area (Å²) in [6, 6.07) is 6.35. The van der Waals surface area contributed by atoms with Crippen molar-refractivity contribution >= 4 is 16.9 Å². The lowest BCUT2D eigenvalue weighted by Crippen LogP contribution is -2.46. The molecule has 0 spiro atoms. The first-order valence-electron chi connectivity index (χ1n) is 6.86. The van der Waals surface area contributed by atoms with Gasteiger partial charge in [0.2, 0.25) is 5.91 Å². The monoisotopic (exact) mass is 274 g/mol. The van der Waals surface area contributed by atoms with E-state index >= 15 is 0 Å². The zero-order valence-corrected chi connectivity index (χ0v) is 11.3. The van der Waals surface area contributed by atoms with E-state index in [1.807, 2.05) is 18.2 Å². The maximum Gasteiger partial charge on any atom is 0.323 e. The Hall–Kier alpha value is -2.08. The molecule has 106 valence electrons. The van der Waals surface area contributed by atoms with Crippen LogP contribution in [0, 0.1) is 0 Å². The van der Waals surface area contributed by atoms with Gasteiger partial charge in [-0.15, -0.1) is 0 Å². The van der Waals surface area contributed by atoms with Crippen LogP contribution in [0.5, 0.6) is 0 Å². The number of aromatic amines is 2. The number of fused-ring (bicyclic) bond motifs is 1. The number of H-pyrrole nitrogens is 2. The van der Waals surface area contributed by atoms with Gasteiger partial charge in [-0.1, -0.05) is 6.07 Å². The fourth-order valence-electron chi connectivity index (χ4n) is 2.64. The maximum atomic E-state index is 11.3. The van der Waals surface area contributed by atoms with Gasteiger partial charge in [-0.3, -0.25) is 4.79 Å². The lowest BCUT2D eigenvalue weighted by Gasteiger charge is -2.27. The van der Waals surface area contributed by atoms with E-state index in [1.165, 1.54) is 0 Å². The normalized spacial score (nSPS) is 20.9. The Morgan fingerprint density at radius 1 is 1.25 bits per heavy atom. The van der Waals surface area contributed by atoms with E-state index in [0.29, 0.717) is 19.0 Å². The van der Waals surface area contributed by atoms with E-state index in [1.54, 1.807) is 0 Å². The zero-order valence-electron chi connectivity index (χ0n) is 11.3. The molecule has 2 heterocycles. The predicted molar refractivity (Wildman–Crippen MR) is 76.5 cm³/mol. The Kier molecular flexibility index (Phi) is 3.31. The number of carbonyl (C=O) groups is 1. The molecule has 0 bridgehead atoms. The van der Waals surface area contributed by atoms with Gasteiger partial charge in [0.1, 0.15) is 0 Å². The van der Waals surface area contributed by atoms with E-state index in [2.05, 4.69) is 27.5 Å². The van der Waals surface area contributed by atoms with Crippen molar-refractivity contribution in [1.82, 2.24) is 20.6 Å². The number of piperidine rings is 1. The Bertz CT molecular complexity index is 678. The standard InChI is InChI=1S/C14H18N4O2/c1-8(16-10-3-5-13(19)15-7-10)9-2-4-11-12(6-9)18-14(20)17-11/h2,4,6,8,10,16H,3,5,7H2,1H3,(H,15,19)(H2,17,18,20). The molecule has 2 unspecified atom stereocenters. The first kappa shape index (κ1) is 12.9. The fourth-order valence-corrected chi connectivity index (χ4v) is 2.64. The molecule has 1 saturated heterocycles. The molecule has 0 radical (unpaired) electrons. The van der Waals surface area contributed by atoms with Crippen LogP contribution in [0.1, 0.15) is 31.4 Å². The Morgan fingerprint density at radius 3 is 2.80 bits per heavy atom. The first-order valence-corrected chi connectivity index (χ1v) is 6.86. The van der Waals surface area contributed by atoms with Crippen molar-refractivity contribution in [3.63, 3.8) is 0 Å². The number of aromatic nitrogens is 2. The molecule has 1 aliphatic heterocycles. The largest absolute Gasteiger partial charge is 0.355 e. The van der Waals surface area contributed by atoms with Crippen LogP contribution in [0.2, 0.25) is 0 Å². The second-order valence-electron chi connectivity index (χ2n) is 5.31. The van der Waals surface area contributed by atoms with Crippen LogP contribution in [-0.2, 0) is 4.79 Å². The molecule has 6 heteroatoms. The third-order valence-corrected chi connectivity index (χ3v) is 3.79. The van der Waals surface area contributed by atoms with Gasteiger partial charge >= 0.3 is 5.69 Å². The molecule has 6 nitrogen and oxygen atoms in total. The smallest absolute Gasteiger partial charge is 0.323 e. The number of hydrogen-bond donors (Lipinski definition) is 4. The second-order valence-corrected chi connectivity index (χ2v) is 5.31.